The van der Waals surface area contributed by atoms with Crippen LogP contribution in [0.1, 0.15) is 25.7 Å². The third-order valence-corrected chi connectivity index (χ3v) is 2.21. The highest BCUT2D eigenvalue weighted by atomic mass is 17.2. The average Bonchev–Trinajstić information content (AvgIpc) is 2.40. The van der Waals surface area contributed by atoms with Crippen LogP contribution >= 0.6 is 0 Å². The second-order valence-electron chi connectivity index (χ2n) is 3.94. The van der Waals surface area contributed by atoms with E-state index in [4.69, 9.17) is 24.0 Å². The molecule has 0 aromatic heterocycles. The standard InChI is InChI=1S/C12H18O8/c13-10-3-8-20-19-7-2-6-18-12(15)9-11(14)17-5-1-4-16-10/h1-9H2. The van der Waals surface area contributed by atoms with E-state index < -0.39 is 24.3 Å². The van der Waals surface area contributed by atoms with Crippen molar-refractivity contribution in [3.8, 4) is 0 Å². The van der Waals surface area contributed by atoms with Crippen LogP contribution in [-0.4, -0.2) is 50.9 Å². The van der Waals surface area contributed by atoms with E-state index in [0.717, 1.165) is 0 Å². The first-order valence-corrected chi connectivity index (χ1v) is 6.40. The molecule has 0 radical (unpaired) electrons. The van der Waals surface area contributed by atoms with Crippen LogP contribution in [-0.2, 0) is 38.4 Å². The number of hydrogen-bond donors (Lipinski definition) is 0. The number of carbonyl (C=O) groups is 3. The van der Waals surface area contributed by atoms with Crippen LogP contribution in [0.5, 0.6) is 0 Å². The van der Waals surface area contributed by atoms with Crippen molar-refractivity contribution in [2.24, 2.45) is 0 Å². The lowest BCUT2D eigenvalue weighted by Gasteiger charge is -2.05. The van der Waals surface area contributed by atoms with Gasteiger partial charge in [0.1, 0.15) is 6.42 Å². The van der Waals surface area contributed by atoms with Gasteiger partial charge >= 0.3 is 17.9 Å². The predicted molar refractivity (Wildman–Crippen MR) is 63.2 cm³/mol. The van der Waals surface area contributed by atoms with Crippen molar-refractivity contribution in [3.05, 3.63) is 0 Å². The van der Waals surface area contributed by atoms with Crippen LogP contribution in [0, 0.1) is 0 Å². The molecule has 1 saturated heterocycles. The third-order valence-electron chi connectivity index (χ3n) is 2.21. The quantitative estimate of drug-likeness (QED) is 0.269. The maximum Gasteiger partial charge on any atom is 0.317 e. The van der Waals surface area contributed by atoms with E-state index in [2.05, 4.69) is 0 Å². The second-order valence-corrected chi connectivity index (χ2v) is 3.94. The molecule has 0 aromatic carbocycles. The highest BCUT2D eigenvalue weighted by Gasteiger charge is 2.12. The van der Waals surface area contributed by atoms with Crippen LogP contribution in [0.4, 0.5) is 0 Å². The topological polar surface area (TPSA) is 97.4 Å². The first kappa shape index (κ1) is 16.4. The van der Waals surface area contributed by atoms with Crippen molar-refractivity contribution < 1.29 is 38.4 Å². The Balaban J connectivity index is 2.31. The van der Waals surface area contributed by atoms with Gasteiger partial charge in [-0.15, -0.1) is 0 Å². The Morgan fingerprint density at radius 3 is 1.75 bits per heavy atom. The molecular formula is C12H18O8. The molecule has 1 aliphatic rings. The van der Waals surface area contributed by atoms with Crippen LogP contribution in [0.3, 0.4) is 0 Å². The summed E-state index contributed by atoms with van der Waals surface area (Å²) in [5, 5.41) is 0. The normalized spacial score (nSPS) is 21.3. The summed E-state index contributed by atoms with van der Waals surface area (Å²) in [6.45, 7) is 0.647. The van der Waals surface area contributed by atoms with Crippen LogP contribution in [0.2, 0.25) is 0 Å². The molecule has 114 valence electrons. The summed E-state index contributed by atoms with van der Waals surface area (Å²) in [5.41, 5.74) is 0. The van der Waals surface area contributed by atoms with Gasteiger partial charge in [0.05, 0.1) is 39.5 Å². The van der Waals surface area contributed by atoms with Crippen LogP contribution in [0.25, 0.3) is 0 Å². The fourth-order valence-electron chi connectivity index (χ4n) is 1.27. The summed E-state index contributed by atoms with van der Waals surface area (Å²) in [4.78, 5) is 43.2. The molecule has 0 aliphatic carbocycles. The lowest BCUT2D eigenvalue weighted by Crippen LogP contribution is -2.16. The molecule has 0 amide bonds. The largest absolute Gasteiger partial charge is 0.465 e. The molecule has 0 spiro atoms. The highest BCUT2D eigenvalue weighted by molar-refractivity contribution is 5.91. The molecule has 1 heterocycles. The zero-order valence-corrected chi connectivity index (χ0v) is 11.1. The van der Waals surface area contributed by atoms with E-state index in [1.54, 1.807) is 0 Å². The minimum atomic E-state index is -0.662. The van der Waals surface area contributed by atoms with Crippen molar-refractivity contribution in [3.63, 3.8) is 0 Å². The van der Waals surface area contributed by atoms with Crippen molar-refractivity contribution in [1.82, 2.24) is 0 Å². The first-order chi connectivity index (χ1) is 9.68. The van der Waals surface area contributed by atoms with Crippen LogP contribution < -0.4 is 0 Å². The molecule has 20 heavy (non-hydrogen) atoms. The number of esters is 3. The molecular weight excluding hydrogens is 272 g/mol. The van der Waals surface area contributed by atoms with Gasteiger partial charge in [0.2, 0.25) is 0 Å². The minimum Gasteiger partial charge on any atom is -0.465 e. The smallest absolute Gasteiger partial charge is 0.317 e. The zero-order chi connectivity index (χ0) is 14.6. The summed E-state index contributed by atoms with van der Waals surface area (Å²) < 4.78 is 14.5. The Kier molecular flexibility index (Phi) is 8.32. The molecule has 0 aromatic rings. The maximum absolute atomic E-state index is 11.2. The molecule has 1 rings (SSSR count). The second kappa shape index (κ2) is 10.2. The number of carbonyl (C=O) groups excluding carboxylic acids is 3. The Morgan fingerprint density at radius 2 is 1.10 bits per heavy atom. The van der Waals surface area contributed by atoms with Gasteiger partial charge in [0, 0.05) is 12.8 Å². The summed E-state index contributed by atoms with van der Waals surface area (Å²) >= 11 is 0. The fourth-order valence-corrected chi connectivity index (χ4v) is 1.27. The third kappa shape index (κ3) is 8.44. The number of rotatable bonds is 0. The zero-order valence-electron chi connectivity index (χ0n) is 11.1. The summed E-state index contributed by atoms with van der Waals surface area (Å²) in [7, 11) is 0. The van der Waals surface area contributed by atoms with Crippen LogP contribution in [0.15, 0.2) is 0 Å². The van der Waals surface area contributed by atoms with Crippen molar-refractivity contribution in [2.45, 2.75) is 25.7 Å². The van der Waals surface area contributed by atoms with Gasteiger partial charge in [-0.1, -0.05) is 0 Å². The molecule has 0 saturated carbocycles. The Labute approximate surface area is 116 Å². The molecule has 1 fully saturated rings. The monoisotopic (exact) mass is 290 g/mol. The van der Waals surface area contributed by atoms with Gasteiger partial charge in [0.15, 0.2) is 0 Å². The molecule has 0 atom stereocenters. The fraction of sp³-hybridized carbons (Fsp3) is 0.750. The van der Waals surface area contributed by atoms with E-state index in [9.17, 15) is 14.4 Å². The van der Waals surface area contributed by atoms with E-state index in [-0.39, 0.29) is 39.5 Å². The predicted octanol–water partition coefficient (Wildman–Crippen LogP) is 0.138. The van der Waals surface area contributed by atoms with Gasteiger partial charge in [-0.05, 0) is 0 Å². The Hall–Kier alpha value is -1.67. The lowest BCUT2D eigenvalue weighted by molar-refractivity contribution is -0.295. The Bertz CT molecular complexity index is 327. The summed E-state index contributed by atoms with van der Waals surface area (Å²) in [6, 6.07) is 0. The maximum atomic E-state index is 11.2. The molecule has 0 unspecified atom stereocenters. The van der Waals surface area contributed by atoms with E-state index in [0.29, 0.717) is 12.8 Å². The van der Waals surface area contributed by atoms with E-state index in [1.165, 1.54) is 0 Å². The summed E-state index contributed by atoms with van der Waals surface area (Å²) in [5.74, 6) is -1.72. The van der Waals surface area contributed by atoms with Gasteiger partial charge in [-0.2, -0.15) is 0 Å². The van der Waals surface area contributed by atoms with E-state index >= 15 is 0 Å². The molecule has 1 aliphatic heterocycles. The van der Waals surface area contributed by atoms with Gasteiger partial charge < -0.3 is 14.2 Å². The molecule has 8 nitrogen and oxygen atoms in total. The number of ether oxygens (including phenoxy) is 3. The molecule has 8 heteroatoms. The Morgan fingerprint density at radius 1 is 0.600 bits per heavy atom. The number of hydrogen-bond acceptors (Lipinski definition) is 8. The van der Waals surface area contributed by atoms with Crippen molar-refractivity contribution in [2.75, 3.05) is 33.0 Å². The molecule has 0 bridgehead atoms. The van der Waals surface area contributed by atoms with E-state index in [1.807, 2.05) is 0 Å². The lowest BCUT2D eigenvalue weighted by atomic mass is 10.4. The van der Waals surface area contributed by atoms with Gasteiger partial charge in [0.25, 0.3) is 0 Å². The van der Waals surface area contributed by atoms with Crippen molar-refractivity contribution in [1.29, 1.82) is 0 Å². The molecule has 0 N–H and O–H groups in total. The minimum absolute atomic E-state index is 0.0781. The SMILES string of the molecule is O=C1CCOOCCCOC(=O)CC(=O)OCCCO1. The van der Waals surface area contributed by atoms with Crippen molar-refractivity contribution >= 4 is 17.9 Å². The highest BCUT2D eigenvalue weighted by Crippen LogP contribution is 1.97. The first-order valence-electron chi connectivity index (χ1n) is 6.40. The average molecular weight is 290 g/mol. The number of cyclic esters (lactones) is 3. The summed E-state index contributed by atoms with van der Waals surface area (Å²) in [6.07, 6.45) is 0.432. The van der Waals surface area contributed by atoms with Gasteiger partial charge in [-0.3, -0.25) is 14.4 Å². The van der Waals surface area contributed by atoms with Gasteiger partial charge in [-0.25, -0.2) is 9.78 Å².